The van der Waals surface area contributed by atoms with Crippen molar-refractivity contribution in [2.45, 2.75) is 26.7 Å². The van der Waals surface area contributed by atoms with Gasteiger partial charge in [-0.2, -0.15) is 0 Å². The van der Waals surface area contributed by atoms with Crippen LogP contribution in [-0.4, -0.2) is 18.0 Å². The molecule has 1 unspecified atom stereocenters. The fraction of sp³-hybridized carbons (Fsp3) is 0.429. The molecule has 3 heteroatoms. The molecule has 0 aromatic heterocycles. The molecule has 2 rings (SSSR count). The van der Waals surface area contributed by atoms with Crippen LogP contribution < -0.4 is 9.47 Å². The van der Waals surface area contributed by atoms with Crippen molar-refractivity contribution in [3.63, 3.8) is 0 Å². The maximum absolute atomic E-state index is 10.4. The van der Waals surface area contributed by atoms with Crippen LogP contribution in [0.3, 0.4) is 0 Å². The lowest BCUT2D eigenvalue weighted by molar-refractivity contribution is 0.106. The van der Waals surface area contributed by atoms with E-state index in [4.69, 9.17) is 21.8 Å². The highest BCUT2D eigenvalue weighted by molar-refractivity contribution is 5.56. The molecular weight excluding hydrogens is 216 g/mol. The van der Waals surface area contributed by atoms with Crippen molar-refractivity contribution in [2.75, 3.05) is 6.75 Å². The largest absolute Gasteiger partial charge is 0.454 e. The lowest BCUT2D eigenvalue weighted by Gasteiger charge is -2.22. The second-order valence-electron chi connectivity index (χ2n) is 3.91. The fourth-order valence-corrected chi connectivity index (χ4v) is 1.23. The smallest absolute Gasteiger partial charge is 0.231 e. The van der Waals surface area contributed by atoms with Gasteiger partial charge in [-0.15, -0.1) is 0 Å². The third-order valence-corrected chi connectivity index (χ3v) is 2.23. The Bertz CT molecular complexity index is 707. The van der Waals surface area contributed by atoms with Crippen molar-refractivity contribution in [1.29, 1.82) is 0 Å². The number of aliphatic hydroxyl groups excluding tert-OH is 1. The predicted octanol–water partition coefficient (Wildman–Crippen LogP) is 2.84. The lowest BCUT2D eigenvalue weighted by atomic mass is 9.89. The molecule has 1 N–H and O–H groups in total. The van der Waals surface area contributed by atoms with E-state index in [2.05, 4.69) is 0 Å². The molecular formula is C14H18O3. The summed E-state index contributed by atoms with van der Waals surface area (Å²) in [6, 6.07) is 3.55. The van der Waals surface area contributed by atoms with Gasteiger partial charge in [-0.3, -0.25) is 0 Å². The average Bonchev–Trinajstić information content (AvgIpc) is 2.76. The zero-order chi connectivity index (χ0) is 20.1. The third-order valence-electron chi connectivity index (χ3n) is 2.23. The van der Waals surface area contributed by atoms with Crippen LogP contribution in [0, 0.1) is 5.41 Å². The highest BCUT2D eigenvalue weighted by Crippen LogP contribution is 2.33. The minimum Gasteiger partial charge on any atom is -0.454 e. The van der Waals surface area contributed by atoms with Crippen LogP contribution in [0.1, 0.15) is 38.5 Å². The van der Waals surface area contributed by atoms with E-state index in [-0.39, 0.29) is 17.1 Å². The Morgan fingerprint density at radius 2 is 2.29 bits per heavy atom. The van der Waals surface area contributed by atoms with Gasteiger partial charge in [0.2, 0.25) is 6.75 Å². The van der Waals surface area contributed by atoms with E-state index in [1.165, 1.54) is 18.2 Å². The van der Waals surface area contributed by atoms with Gasteiger partial charge in [0.15, 0.2) is 11.5 Å². The average molecular weight is 243 g/mol. The Morgan fingerprint density at radius 3 is 3.06 bits per heavy atom. The summed E-state index contributed by atoms with van der Waals surface area (Å²) < 4.78 is 77.6. The van der Waals surface area contributed by atoms with Gasteiger partial charge in [-0.25, -0.2) is 0 Å². The van der Waals surface area contributed by atoms with Crippen LogP contribution in [0.4, 0.5) is 0 Å². The van der Waals surface area contributed by atoms with E-state index in [0.29, 0.717) is 0 Å². The first-order valence-corrected chi connectivity index (χ1v) is 4.97. The summed E-state index contributed by atoms with van der Waals surface area (Å²) in [5.41, 5.74) is -2.26. The summed E-state index contributed by atoms with van der Waals surface area (Å²) >= 11 is 0. The molecule has 3 nitrogen and oxygen atoms in total. The molecule has 1 atom stereocenters. The first kappa shape index (κ1) is 5.02. The van der Waals surface area contributed by atoms with E-state index < -0.39 is 38.0 Å². The summed E-state index contributed by atoms with van der Waals surface area (Å²) in [6.07, 6.45) is -0.989. The maximum atomic E-state index is 10.4. The minimum atomic E-state index is -3.04. The zero-order valence-electron chi connectivity index (χ0n) is 18.2. The van der Waals surface area contributed by atoms with Crippen LogP contribution in [-0.2, 0) is 0 Å². The van der Waals surface area contributed by atoms with Crippen molar-refractivity contribution in [3.8, 4) is 11.5 Å². The third kappa shape index (κ3) is 2.80. The second kappa shape index (κ2) is 4.41. The van der Waals surface area contributed by atoms with Crippen LogP contribution >= 0.6 is 0 Å². The second-order valence-corrected chi connectivity index (χ2v) is 3.91. The van der Waals surface area contributed by atoms with E-state index in [9.17, 15) is 5.11 Å². The highest BCUT2D eigenvalue weighted by Gasteiger charge is 2.19. The number of rotatable bonds is 2. The lowest BCUT2D eigenvalue weighted by Crippen LogP contribution is -2.23. The predicted molar refractivity (Wildman–Crippen MR) is 67.1 cm³/mol. The molecule has 1 aromatic carbocycles. The topological polar surface area (TPSA) is 38.7 Å². The number of hydrogen-bond donors (Lipinski definition) is 1. The van der Waals surface area contributed by atoms with Gasteiger partial charge in [-0.1, -0.05) is 38.8 Å². The van der Waals surface area contributed by atoms with E-state index in [0.717, 1.165) is 13.0 Å². The number of aliphatic hydroxyl groups is 1. The fourth-order valence-electron chi connectivity index (χ4n) is 1.23. The molecule has 92 valence electrons. The molecule has 0 saturated carbocycles. The standard InChI is InChI=1S/C14H18O3/c1-14(2,3)13(15)7-5-10-4-6-11-12(8-10)17-9-16-11/h4-8,13,15H,9H2,1-3H3/b7-5+/i1D3,2D3,7D,9D2. The number of hydrogen-bond acceptors (Lipinski definition) is 3. The van der Waals surface area contributed by atoms with Gasteiger partial charge < -0.3 is 14.6 Å². The van der Waals surface area contributed by atoms with Crippen LogP contribution in [0.5, 0.6) is 11.5 Å². The van der Waals surface area contributed by atoms with Crippen LogP contribution in [0.25, 0.3) is 6.08 Å². The SMILES string of the molecule is [2H]/C(=C\c1ccc2c(c1)OC([2H])([2H])O2)C(O)C(C)(C([2H])([2H])[2H])C([2H])([2H])[2H]. The van der Waals surface area contributed by atoms with Gasteiger partial charge in [0.1, 0.15) is 2.74 Å². The molecule has 0 amide bonds. The van der Waals surface area contributed by atoms with E-state index >= 15 is 0 Å². The van der Waals surface area contributed by atoms with Crippen molar-refractivity contribution < 1.29 is 26.9 Å². The Kier molecular flexibility index (Phi) is 1.30. The van der Waals surface area contributed by atoms with Gasteiger partial charge in [0, 0.05) is 8.22 Å². The Hall–Kier alpha value is -1.48. The van der Waals surface area contributed by atoms with Gasteiger partial charge >= 0.3 is 0 Å². The molecule has 1 heterocycles. The van der Waals surface area contributed by atoms with Gasteiger partial charge in [0.05, 0.1) is 7.47 Å². The van der Waals surface area contributed by atoms with Crippen molar-refractivity contribution in [2.24, 2.45) is 5.41 Å². The number of fused-ring (bicyclic) bond motifs is 1. The molecule has 0 fully saturated rings. The Labute approximate surface area is 114 Å². The molecule has 0 spiro atoms. The quantitative estimate of drug-likeness (QED) is 0.868. The first-order chi connectivity index (χ1) is 11.6. The summed E-state index contributed by atoms with van der Waals surface area (Å²) in [5.74, 6) is 0.217. The Morgan fingerprint density at radius 1 is 1.53 bits per heavy atom. The zero-order valence-corrected chi connectivity index (χ0v) is 9.15. The van der Waals surface area contributed by atoms with Crippen LogP contribution in [0.2, 0.25) is 0 Å². The normalized spacial score (nSPS) is 29.3. The van der Waals surface area contributed by atoms with Crippen molar-refractivity contribution in [3.05, 3.63) is 29.8 Å². The summed E-state index contributed by atoms with van der Waals surface area (Å²) in [4.78, 5) is 0. The maximum Gasteiger partial charge on any atom is 0.231 e. The summed E-state index contributed by atoms with van der Waals surface area (Å²) in [5, 5.41) is 10.4. The number of ether oxygens (including phenoxy) is 2. The van der Waals surface area contributed by atoms with E-state index in [1.54, 1.807) is 0 Å². The summed E-state index contributed by atoms with van der Waals surface area (Å²) in [6.45, 7) is -7.51. The minimum absolute atomic E-state index is 0.0699. The molecule has 0 bridgehead atoms. The van der Waals surface area contributed by atoms with Gasteiger partial charge in [-0.05, 0) is 23.1 Å². The highest BCUT2D eigenvalue weighted by atomic mass is 16.7. The molecule has 17 heavy (non-hydrogen) atoms. The molecule has 1 aromatic rings. The molecule has 1 aliphatic rings. The van der Waals surface area contributed by atoms with Crippen LogP contribution in [0.15, 0.2) is 24.3 Å². The number of benzene rings is 1. The van der Waals surface area contributed by atoms with Crippen molar-refractivity contribution >= 4 is 6.08 Å². The van der Waals surface area contributed by atoms with Gasteiger partial charge in [0.25, 0.3) is 0 Å². The molecule has 0 aliphatic carbocycles. The van der Waals surface area contributed by atoms with Crippen molar-refractivity contribution in [1.82, 2.24) is 0 Å². The summed E-state index contributed by atoms with van der Waals surface area (Å²) in [7, 11) is 0. The van der Waals surface area contributed by atoms with E-state index in [1.807, 2.05) is 0 Å². The first-order valence-electron chi connectivity index (χ1n) is 9.47. The molecule has 1 aliphatic heterocycles. The molecule has 0 saturated heterocycles. The molecule has 0 radical (unpaired) electrons. The monoisotopic (exact) mass is 243 g/mol. The Balaban J connectivity index is 2.38.